The lowest BCUT2D eigenvalue weighted by Gasteiger charge is -2.20. The molecule has 1 fully saturated rings. The number of aromatic nitrogens is 2. The summed E-state index contributed by atoms with van der Waals surface area (Å²) in [4.78, 5) is 17.1. The topological polar surface area (TPSA) is 93.5 Å². The highest BCUT2D eigenvalue weighted by Gasteiger charge is 2.27. The quantitative estimate of drug-likeness (QED) is 0.613. The van der Waals surface area contributed by atoms with E-state index in [1.165, 1.54) is 29.6 Å². The molecule has 0 aliphatic carbocycles. The second kappa shape index (κ2) is 9.54. The van der Waals surface area contributed by atoms with Gasteiger partial charge in [-0.1, -0.05) is 12.8 Å². The van der Waals surface area contributed by atoms with Gasteiger partial charge < -0.3 is 14.6 Å². The molecule has 1 N–H and O–H groups in total. The van der Waals surface area contributed by atoms with Crippen molar-refractivity contribution in [3.8, 4) is 11.4 Å². The largest absolute Gasteiger partial charge is 0.496 e. The van der Waals surface area contributed by atoms with Crippen molar-refractivity contribution in [2.24, 2.45) is 0 Å². The van der Waals surface area contributed by atoms with Crippen molar-refractivity contribution >= 4 is 21.6 Å². The fraction of sp³-hybridized carbons (Fsp3) is 0.304. The van der Waals surface area contributed by atoms with E-state index in [1.807, 2.05) is 22.9 Å². The Morgan fingerprint density at radius 1 is 1.03 bits per heavy atom. The van der Waals surface area contributed by atoms with Crippen LogP contribution in [0.25, 0.3) is 5.69 Å². The SMILES string of the molecule is COc1ccc(S(=O)(=O)N2CCCCCC2)cc1C(=O)Nc1ccc(-n2ccnc2)cc1. The highest BCUT2D eigenvalue weighted by molar-refractivity contribution is 7.89. The summed E-state index contributed by atoms with van der Waals surface area (Å²) in [7, 11) is -2.23. The lowest BCUT2D eigenvalue weighted by atomic mass is 10.1. The first kappa shape index (κ1) is 22.0. The molecule has 2 aromatic carbocycles. The molecule has 0 radical (unpaired) electrons. The Balaban J connectivity index is 1.57. The van der Waals surface area contributed by atoms with Crippen LogP contribution in [-0.2, 0) is 10.0 Å². The molecule has 0 unspecified atom stereocenters. The number of carbonyl (C=O) groups excluding carboxylic acids is 1. The molecule has 1 saturated heterocycles. The van der Waals surface area contributed by atoms with Crippen LogP contribution in [0.5, 0.6) is 5.75 Å². The van der Waals surface area contributed by atoms with Gasteiger partial charge in [0.25, 0.3) is 5.91 Å². The molecule has 1 aliphatic rings. The summed E-state index contributed by atoms with van der Waals surface area (Å²) in [6, 6.07) is 11.7. The first-order valence-electron chi connectivity index (χ1n) is 10.6. The summed E-state index contributed by atoms with van der Waals surface area (Å²) in [6.07, 6.45) is 8.96. The number of ether oxygens (including phenoxy) is 1. The normalized spacial score (nSPS) is 15.2. The lowest BCUT2D eigenvalue weighted by Crippen LogP contribution is -2.32. The fourth-order valence-corrected chi connectivity index (χ4v) is 5.33. The number of imidazole rings is 1. The third-order valence-electron chi connectivity index (χ3n) is 5.55. The molecule has 2 heterocycles. The summed E-state index contributed by atoms with van der Waals surface area (Å²) in [5.74, 6) is -0.127. The zero-order valence-corrected chi connectivity index (χ0v) is 18.7. The third-order valence-corrected chi connectivity index (χ3v) is 7.44. The van der Waals surface area contributed by atoms with Gasteiger partial charge in [-0.3, -0.25) is 4.79 Å². The number of rotatable bonds is 6. The van der Waals surface area contributed by atoms with E-state index in [2.05, 4.69) is 10.3 Å². The van der Waals surface area contributed by atoms with Crippen LogP contribution in [0.2, 0.25) is 0 Å². The van der Waals surface area contributed by atoms with Gasteiger partial charge >= 0.3 is 0 Å². The molecule has 1 amide bonds. The minimum absolute atomic E-state index is 0.0980. The molecular weight excluding hydrogens is 428 g/mol. The van der Waals surface area contributed by atoms with Crippen LogP contribution < -0.4 is 10.1 Å². The van der Waals surface area contributed by atoms with Gasteiger partial charge in [0.2, 0.25) is 10.0 Å². The molecule has 0 saturated carbocycles. The van der Waals surface area contributed by atoms with E-state index < -0.39 is 15.9 Å². The maximum atomic E-state index is 13.2. The fourth-order valence-electron chi connectivity index (χ4n) is 3.78. The molecule has 0 spiro atoms. The molecule has 1 aliphatic heterocycles. The van der Waals surface area contributed by atoms with Crippen molar-refractivity contribution in [2.45, 2.75) is 30.6 Å². The number of benzene rings is 2. The predicted octanol–water partition coefficient (Wildman–Crippen LogP) is 3.70. The Bertz CT molecular complexity index is 1170. The molecule has 32 heavy (non-hydrogen) atoms. The molecule has 8 nitrogen and oxygen atoms in total. The maximum Gasteiger partial charge on any atom is 0.259 e. The van der Waals surface area contributed by atoms with Crippen LogP contribution in [0.4, 0.5) is 5.69 Å². The average Bonchev–Trinajstić information content (AvgIpc) is 3.20. The van der Waals surface area contributed by atoms with Crippen LogP contribution in [-0.4, -0.2) is 48.4 Å². The highest BCUT2D eigenvalue weighted by atomic mass is 32.2. The lowest BCUT2D eigenvalue weighted by molar-refractivity contribution is 0.102. The first-order valence-corrected chi connectivity index (χ1v) is 12.0. The van der Waals surface area contributed by atoms with Gasteiger partial charge in [-0.25, -0.2) is 13.4 Å². The number of anilines is 1. The summed E-state index contributed by atoms with van der Waals surface area (Å²) in [6.45, 7) is 0.998. The minimum Gasteiger partial charge on any atom is -0.496 e. The van der Waals surface area contributed by atoms with E-state index in [9.17, 15) is 13.2 Å². The summed E-state index contributed by atoms with van der Waals surface area (Å²) < 4.78 is 35.0. The van der Waals surface area contributed by atoms with Crippen molar-refractivity contribution in [2.75, 3.05) is 25.5 Å². The van der Waals surface area contributed by atoms with Gasteiger partial charge in [0, 0.05) is 36.9 Å². The molecule has 9 heteroatoms. The highest BCUT2D eigenvalue weighted by Crippen LogP contribution is 2.27. The van der Waals surface area contributed by atoms with E-state index in [4.69, 9.17) is 4.74 Å². The Kier molecular flexibility index (Phi) is 6.57. The Morgan fingerprint density at radius 2 is 1.75 bits per heavy atom. The van der Waals surface area contributed by atoms with E-state index in [0.717, 1.165) is 31.4 Å². The van der Waals surface area contributed by atoms with Crippen molar-refractivity contribution < 1.29 is 17.9 Å². The Hall–Kier alpha value is -3.17. The van der Waals surface area contributed by atoms with Crippen molar-refractivity contribution in [3.05, 3.63) is 66.7 Å². The van der Waals surface area contributed by atoms with Gasteiger partial charge in [-0.2, -0.15) is 4.31 Å². The summed E-state index contributed by atoms with van der Waals surface area (Å²) in [5, 5.41) is 2.82. The van der Waals surface area contributed by atoms with E-state index in [0.29, 0.717) is 24.5 Å². The maximum absolute atomic E-state index is 13.2. The summed E-state index contributed by atoms with van der Waals surface area (Å²) in [5.41, 5.74) is 1.66. The van der Waals surface area contributed by atoms with Crippen molar-refractivity contribution in [1.82, 2.24) is 13.9 Å². The number of sulfonamides is 1. The van der Waals surface area contributed by atoms with Gasteiger partial charge in [0.1, 0.15) is 5.75 Å². The van der Waals surface area contributed by atoms with Crippen molar-refractivity contribution in [1.29, 1.82) is 0 Å². The number of amides is 1. The Morgan fingerprint density at radius 3 is 2.38 bits per heavy atom. The van der Waals surface area contributed by atoms with Crippen LogP contribution in [0, 0.1) is 0 Å². The van der Waals surface area contributed by atoms with E-state index in [1.54, 1.807) is 24.7 Å². The summed E-state index contributed by atoms with van der Waals surface area (Å²) >= 11 is 0. The smallest absolute Gasteiger partial charge is 0.259 e. The van der Waals surface area contributed by atoms with Gasteiger partial charge in [0.15, 0.2) is 0 Å². The van der Waals surface area contributed by atoms with Gasteiger partial charge in [0.05, 0.1) is 23.9 Å². The second-order valence-corrected chi connectivity index (χ2v) is 9.59. The number of hydrogen-bond acceptors (Lipinski definition) is 5. The zero-order chi connectivity index (χ0) is 22.6. The monoisotopic (exact) mass is 454 g/mol. The molecule has 4 rings (SSSR count). The zero-order valence-electron chi connectivity index (χ0n) is 17.9. The molecule has 3 aromatic rings. The molecular formula is C23H26N4O4S. The number of nitrogens with zero attached hydrogens (tertiary/aromatic N) is 3. The molecule has 1 aromatic heterocycles. The molecule has 0 atom stereocenters. The minimum atomic E-state index is -3.68. The third kappa shape index (κ3) is 4.68. The number of carbonyl (C=O) groups is 1. The van der Waals surface area contributed by atoms with Crippen LogP contribution in [0.15, 0.2) is 66.1 Å². The predicted molar refractivity (Wildman–Crippen MR) is 122 cm³/mol. The van der Waals surface area contributed by atoms with Crippen LogP contribution >= 0.6 is 0 Å². The van der Waals surface area contributed by atoms with Crippen LogP contribution in [0.3, 0.4) is 0 Å². The van der Waals surface area contributed by atoms with Gasteiger partial charge in [-0.15, -0.1) is 0 Å². The van der Waals surface area contributed by atoms with Crippen molar-refractivity contribution in [3.63, 3.8) is 0 Å². The van der Waals surface area contributed by atoms with Gasteiger partial charge in [-0.05, 0) is 55.3 Å². The number of nitrogens with one attached hydrogen (secondary N) is 1. The van der Waals surface area contributed by atoms with E-state index in [-0.39, 0.29) is 10.5 Å². The second-order valence-electron chi connectivity index (χ2n) is 7.65. The van der Waals surface area contributed by atoms with Crippen LogP contribution in [0.1, 0.15) is 36.0 Å². The number of methoxy groups -OCH3 is 1. The standard InChI is InChI=1S/C23H26N4O4S/c1-31-22-11-10-20(32(29,30)27-13-4-2-3-5-14-27)16-21(22)23(28)25-18-6-8-19(9-7-18)26-15-12-24-17-26/h6-12,15-17H,2-5,13-14H2,1H3,(H,25,28). The Labute approximate surface area is 187 Å². The molecule has 168 valence electrons. The number of hydrogen-bond donors (Lipinski definition) is 1. The van der Waals surface area contributed by atoms with E-state index >= 15 is 0 Å². The first-order chi connectivity index (χ1) is 15.5. The average molecular weight is 455 g/mol. The molecule has 0 bridgehead atoms.